The first-order chi connectivity index (χ1) is 9.74. The summed E-state index contributed by atoms with van der Waals surface area (Å²) < 4.78 is 2.14. The summed E-state index contributed by atoms with van der Waals surface area (Å²) in [6, 6.07) is 8.70. The Hall–Kier alpha value is -1.55. The molecule has 1 aliphatic heterocycles. The maximum atomic E-state index is 4.68. The third kappa shape index (κ3) is 2.80. The lowest BCUT2D eigenvalue weighted by Crippen LogP contribution is -2.38. The van der Waals surface area contributed by atoms with E-state index in [9.17, 15) is 0 Å². The predicted molar refractivity (Wildman–Crippen MR) is 84.1 cm³/mol. The Morgan fingerprint density at radius 2 is 1.95 bits per heavy atom. The third-order valence-corrected chi connectivity index (χ3v) is 4.14. The highest BCUT2D eigenvalue weighted by Crippen LogP contribution is 2.18. The van der Waals surface area contributed by atoms with E-state index in [-0.39, 0.29) is 0 Å². The fourth-order valence-corrected chi connectivity index (χ4v) is 3.07. The van der Waals surface area contributed by atoms with Crippen LogP contribution in [0.15, 0.2) is 24.3 Å². The van der Waals surface area contributed by atoms with Crippen molar-refractivity contribution in [3.05, 3.63) is 24.3 Å². The van der Waals surface area contributed by atoms with Crippen molar-refractivity contribution in [2.75, 3.05) is 25.0 Å². The van der Waals surface area contributed by atoms with Crippen LogP contribution in [0, 0.1) is 0 Å². The van der Waals surface area contributed by atoms with E-state index in [4.69, 9.17) is 0 Å². The molecule has 1 aromatic carbocycles. The summed E-state index contributed by atoms with van der Waals surface area (Å²) in [5.41, 5.74) is 2.24. The molecule has 1 fully saturated rings. The van der Waals surface area contributed by atoms with E-state index >= 15 is 0 Å². The van der Waals surface area contributed by atoms with Gasteiger partial charge in [-0.3, -0.25) is 0 Å². The number of likely N-dealkylation sites (tertiary alicyclic amines) is 1. The molecule has 0 bridgehead atoms. The maximum absolute atomic E-state index is 4.68. The largest absolute Gasteiger partial charge is 0.352 e. The fraction of sp³-hybridized carbons (Fsp3) is 0.562. The van der Waals surface area contributed by atoms with Crippen LogP contribution in [0.4, 0.5) is 5.95 Å². The van der Waals surface area contributed by atoms with Gasteiger partial charge in [0.05, 0.1) is 11.0 Å². The fourth-order valence-electron chi connectivity index (χ4n) is 3.07. The molecule has 20 heavy (non-hydrogen) atoms. The summed E-state index contributed by atoms with van der Waals surface area (Å²) in [7, 11) is 2.07. The Morgan fingerprint density at radius 1 is 1.20 bits per heavy atom. The molecule has 0 spiro atoms. The molecule has 1 aliphatic rings. The average molecular weight is 272 g/mol. The van der Waals surface area contributed by atoms with Crippen molar-refractivity contribution in [3.63, 3.8) is 0 Å². The van der Waals surface area contributed by atoms with Crippen molar-refractivity contribution < 1.29 is 0 Å². The van der Waals surface area contributed by atoms with Crippen LogP contribution >= 0.6 is 0 Å². The molecule has 0 saturated carbocycles. The SMILES string of the molecule is CC(CN1CCCCC1)Nc1nc2ccccc2n1C. The number of hydrogen-bond donors (Lipinski definition) is 1. The molecule has 0 radical (unpaired) electrons. The predicted octanol–water partition coefficient (Wildman–Crippen LogP) is 2.86. The van der Waals surface area contributed by atoms with E-state index < -0.39 is 0 Å². The van der Waals surface area contributed by atoms with Crippen LogP contribution in [0.25, 0.3) is 11.0 Å². The number of aromatic nitrogens is 2. The number of rotatable bonds is 4. The van der Waals surface area contributed by atoms with Crippen LogP contribution in [0.3, 0.4) is 0 Å². The topological polar surface area (TPSA) is 33.1 Å². The molecule has 2 heterocycles. The van der Waals surface area contributed by atoms with Crippen molar-refractivity contribution in [2.45, 2.75) is 32.2 Å². The van der Waals surface area contributed by atoms with Crippen LogP contribution in [0.2, 0.25) is 0 Å². The first-order valence-corrected chi connectivity index (χ1v) is 7.64. The van der Waals surface area contributed by atoms with Gasteiger partial charge in [0.1, 0.15) is 0 Å². The Kier molecular flexibility index (Phi) is 3.92. The molecule has 1 aromatic heterocycles. The van der Waals surface area contributed by atoms with E-state index in [1.54, 1.807) is 0 Å². The monoisotopic (exact) mass is 272 g/mol. The van der Waals surface area contributed by atoms with E-state index in [0.717, 1.165) is 18.0 Å². The molecule has 0 aliphatic carbocycles. The number of imidazole rings is 1. The second kappa shape index (κ2) is 5.83. The van der Waals surface area contributed by atoms with Crippen molar-refractivity contribution >= 4 is 17.0 Å². The number of nitrogens with zero attached hydrogens (tertiary/aromatic N) is 3. The first-order valence-electron chi connectivity index (χ1n) is 7.64. The lowest BCUT2D eigenvalue weighted by atomic mass is 10.1. The summed E-state index contributed by atoms with van der Waals surface area (Å²) in [6.07, 6.45) is 4.08. The van der Waals surface area contributed by atoms with Crippen molar-refractivity contribution in [2.24, 2.45) is 7.05 Å². The highest BCUT2D eigenvalue weighted by molar-refractivity contribution is 5.78. The number of fused-ring (bicyclic) bond motifs is 1. The normalized spacial score (nSPS) is 18.3. The first kappa shape index (κ1) is 13.4. The summed E-state index contributed by atoms with van der Waals surface area (Å²) in [5.74, 6) is 0.968. The molecule has 1 unspecified atom stereocenters. The standard InChI is InChI=1S/C16H24N4/c1-13(12-20-10-6-3-7-11-20)17-16-18-14-8-4-5-9-15(14)19(16)2/h4-5,8-9,13H,3,6-7,10-12H2,1-2H3,(H,17,18). The zero-order valence-electron chi connectivity index (χ0n) is 12.5. The van der Waals surface area contributed by atoms with Gasteiger partial charge < -0.3 is 14.8 Å². The molecule has 4 nitrogen and oxygen atoms in total. The van der Waals surface area contributed by atoms with E-state index in [1.807, 2.05) is 6.07 Å². The van der Waals surface area contributed by atoms with Crippen molar-refractivity contribution in [1.82, 2.24) is 14.5 Å². The lowest BCUT2D eigenvalue weighted by molar-refractivity contribution is 0.223. The number of benzene rings is 1. The Balaban J connectivity index is 1.67. The number of para-hydroxylation sites is 2. The van der Waals surface area contributed by atoms with Crippen LogP contribution in [0.5, 0.6) is 0 Å². The lowest BCUT2D eigenvalue weighted by Gasteiger charge is -2.29. The molecule has 1 atom stereocenters. The molecule has 2 aromatic rings. The van der Waals surface area contributed by atoms with Crippen LogP contribution in [-0.4, -0.2) is 40.1 Å². The molecular formula is C16H24N4. The van der Waals surface area contributed by atoms with Crippen LogP contribution < -0.4 is 5.32 Å². The second-order valence-electron chi connectivity index (χ2n) is 5.89. The van der Waals surface area contributed by atoms with Gasteiger partial charge in [-0.25, -0.2) is 4.98 Å². The molecule has 1 N–H and O–H groups in total. The van der Waals surface area contributed by atoms with Gasteiger partial charge >= 0.3 is 0 Å². The van der Waals surface area contributed by atoms with E-state index in [1.165, 1.54) is 37.9 Å². The number of piperidine rings is 1. The maximum Gasteiger partial charge on any atom is 0.203 e. The quantitative estimate of drug-likeness (QED) is 0.929. The zero-order chi connectivity index (χ0) is 13.9. The molecule has 3 rings (SSSR count). The van der Waals surface area contributed by atoms with Gasteiger partial charge in [0.15, 0.2) is 0 Å². The highest BCUT2D eigenvalue weighted by atomic mass is 15.2. The van der Waals surface area contributed by atoms with Gasteiger partial charge in [-0.05, 0) is 45.0 Å². The van der Waals surface area contributed by atoms with E-state index in [2.05, 4.69) is 51.9 Å². The van der Waals surface area contributed by atoms with Crippen LogP contribution in [-0.2, 0) is 7.05 Å². The molecule has 1 saturated heterocycles. The number of hydrogen-bond acceptors (Lipinski definition) is 3. The van der Waals surface area contributed by atoms with Gasteiger partial charge in [-0.2, -0.15) is 0 Å². The van der Waals surface area contributed by atoms with Crippen LogP contribution in [0.1, 0.15) is 26.2 Å². The van der Waals surface area contributed by atoms with Gasteiger partial charge in [0.25, 0.3) is 0 Å². The zero-order valence-corrected chi connectivity index (χ0v) is 12.5. The Bertz CT molecular complexity index is 569. The molecule has 108 valence electrons. The summed E-state index contributed by atoms with van der Waals surface area (Å²) in [6.45, 7) is 5.83. The molecule has 0 amide bonds. The second-order valence-corrected chi connectivity index (χ2v) is 5.89. The van der Waals surface area contributed by atoms with Gasteiger partial charge in [-0.15, -0.1) is 0 Å². The molecular weight excluding hydrogens is 248 g/mol. The van der Waals surface area contributed by atoms with E-state index in [0.29, 0.717) is 6.04 Å². The van der Waals surface area contributed by atoms with Gasteiger partial charge in [0.2, 0.25) is 5.95 Å². The summed E-state index contributed by atoms with van der Waals surface area (Å²) in [5, 5.41) is 3.56. The van der Waals surface area contributed by atoms with Crippen molar-refractivity contribution in [1.29, 1.82) is 0 Å². The Morgan fingerprint density at radius 3 is 2.70 bits per heavy atom. The Labute approximate surface area is 120 Å². The summed E-state index contributed by atoms with van der Waals surface area (Å²) >= 11 is 0. The number of anilines is 1. The minimum absolute atomic E-state index is 0.420. The van der Waals surface area contributed by atoms with Crippen molar-refractivity contribution in [3.8, 4) is 0 Å². The van der Waals surface area contributed by atoms with Gasteiger partial charge in [-0.1, -0.05) is 18.6 Å². The highest BCUT2D eigenvalue weighted by Gasteiger charge is 2.15. The average Bonchev–Trinajstić information content (AvgIpc) is 2.77. The summed E-state index contributed by atoms with van der Waals surface area (Å²) in [4.78, 5) is 7.24. The van der Waals surface area contributed by atoms with Gasteiger partial charge in [0, 0.05) is 19.6 Å². The smallest absolute Gasteiger partial charge is 0.203 e. The minimum Gasteiger partial charge on any atom is -0.352 e. The number of aryl methyl sites for hydroxylation is 1. The third-order valence-electron chi connectivity index (χ3n) is 4.14. The molecule has 4 heteroatoms. The number of nitrogens with one attached hydrogen (secondary N) is 1. The minimum atomic E-state index is 0.420.